The minimum atomic E-state index is -0.471. The van der Waals surface area contributed by atoms with Gasteiger partial charge in [0.15, 0.2) is 0 Å². The van der Waals surface area contributed by atoms with Crippen LogP contribution in [0.4, 0.5) is 4.39 Å². The average Bonchev–Trinajstić information content (AvgIpc) is 2.02. The topological polar surface area (TPSA) is 35.2 Å². The number of halogens is 1. The van der Waals surface area contributed by atoms with Crippen LogP contribution in [-0.2, 0) is 16.9 Å². The second kappa shape index (κ2) is 4.07. The van der Waals surface area contributed by atoms with Gasteiger partial charge < -0.3 is 10.5 Å². The smallest absolute Gasteiger partial charge is 0.123 e. The first-order chi connectivity index (χ1) is 6.45. The van der Waals surface area contributed by atoms with Crippen LogP contribution in [-0.4, -0.2) is 7.11 Å². The maximum Gasteiger partial charge on any atom is 0.123 e. The molecule has 0 radical (unpaired) electrons. The van der Waals surface area contributed by atoms with Crippen molar-refractivity contribution in [1.29, 1.82) is 0 Å². The highest BCUT2D eigenvalue weighted by Gasteiger charge is 2.18. The molecule has 2 nitrogen and oxygen atoms in total. The normalized spacial score (nSPS) is 11.8. The van der Waals surface area contributed by atoms with E-state index >= 15 is 0 Å². The standard InChI is InChI=1S/C11H16FNO/c1-11(2,13)10-5-4-9(12)6-8(10)7-14-3/h4-6H,7,13H2,1-3H3. The average molecular weight is 197 g/mol. The number of methoxy groups -OCH3 is 1. The number of rotatable bonds is 3. The molecule has 2 N–H and O–H groups in total. The first kappa shape index (κ1) is 11.1. The zero-order chi connectivity index (χ0) is 10.8. The molecule has 0 spiro atoms. The van der Waals surface area contributed by atoms with Crippen molar-refractivity contribution in [3.05, 3.63) is 35.1 Å². The first-order valence-corrected chi connectivity index (χ1v) is 4.52. The summed E-state index contributed by atoms with van der Waals surface area (Å²) in [4.78, 5) is 0. The first-order valence-electron chi connectivity index (χ1n) is 4.52. The highest BCUT2D eigenvalue weighted by atomic mass is 19.1. The molecule has 0 amide bonds. The Kier molecular flexibility index (Phi) is 3.24. The lowest BCUT2D eigenvalue weighted by atomic mass is 9.91. The summed E-state index contributed by atoms with van der Waals surface area (Å²) in [5.41, 5.74) is 7.21. The summed E-state index contributed by atoms with van der Waals surface area (Å²) in [5.74, 6) is -0.259. The second-order valence-electron chi connectivity index (χ2n) is 3.96. The number of ether oxygens (including phenoxy) is 1. The van der Waals surface area contributed by atoms with Crippen molar-refractivity contribution in [2.24, 2.45) is 5.73 Å². The van der Waals surface area contributed by atoms with Crippen molar-refractivity contribution in [3.63, 3.8) is 0 Å². The van der Waals surface area contributed by atoms with Gasteiger partial charge in [-0.1, -0.05) is 6.07 Å². The van der Waals surface area contributed by atoms with Gasteiger partial charge in [-0.3, -0.25) is 0 Å². The van der Waals surface area contributed by atoms with Gasteiger partial charge in [0.05, 0.1) is 6.61 Å². The molecule has 1 aromatic rings. The van der Waals surface area contributed by atoms with E-state index in [0.717, 1.165) is 11.1 Å². The SMILES string of the molecule is COCc1cc(F)ccc1C(C)(C)N. The van der Waals surface area contributed by atoms with E-state index in [1.807, 2.05) is 13.8 Å². The van der Waals surface area contributed by atoms with Crippen LogP contribution in [0.1, 0.15) is 25.0 Å². The molecular formula is C11H16FNO. The molecule has 0 aromatic heterocycles. The fourth-order valence-electron chi connectivity index (χ4n) is 1.47. The molecule has 78 valence electrons. The van der Waals surface area contributed by atoms with E-state index in [1.54, 1.807) is 13.2 Å². The maximum atomic E-state index is 13.0. The lowest BCUT2D eigenvalue weighted by molar-refractivity contribution is 0.182. The molecule has 0 fully saturated rings. The Morgan fingerprint density at radius 3 is 2.57 bits per heavy atom. The van der Waals surface area contributed by atoms with Crippen LogP contribution >= 0.6 is 0 Å². The van der Waals surface area contributed by atoms with Crippen molar-refractivity contribution in [2.75, 3.05) is 7.11 Å². The summed E-state index contributed by atoms with van der Waals surface area (Å²) in [5, 5.41) is 0. The van der Waals surface area contributed by atoms with Crippen LogP contribution in [0.5, 0.6) is 0 Å². The van der Waals surface area contributed by atoms with Gasteiger partial charge >= 0.3 is 0 Å². The van der Waals surface area contributed by atoms with Crippen molar-refractivity contribution in [3.8, 4) is 0 Å². The Bertz CT molecular complexity index is 318. The van der Waals surface area contributed by atoms with Gasteiger partial charge in [0.25, 0.3) is 0 Å². The molecule has 0 atom stereocenters. The molecule has 1 aromatic carbocycles. The Labute approximate surface area is 83.9 Å². The highest BCUT2D eigenvalue weighted by molar-refractivity contribution is 5.32. The summed E-state index contributed by atoms with van der Waals surface area (Å²) >= 11 is 0. The fraction of sp³-hybridized carbons (Fsp3) is 0.455. The Hall–Kier alpha value is -0.930. The van der Waals surface area contributed by atoms with E-state index in [4.69, 9.17) is 10.5 Å². The van der Waals surface area contributed by atoms with Crippen molar-refractivity contribution >= 4 is 0 Å². The van der Waals surface area contributed by atoms with E-state index < -0.39 is 5.54 Å². The van der Waals surface area contributed by atoms with Crippen LogP contribution in [0, 0.1) is 5.82 Å². The van der Waals surface area contributed by atoms with E-state index in [1.165, 1.54) is 12.1 Å². The maximum absolute atomic E-state index is 13.0. The highest BCUT2D eigenvalue weighted by Crippen LogP contribution is 2.22. The number of hydrogen-bond acceptors (Lipinski definition) is 2. The van der Waals surface area contributed by atoms with Crippen molar-refractivity contribution < 1.29 is 9.13 Å². The van der Waals surface area contributed by atoms with Crippen LogP contribution in [0.15, 0.2) is 18.2 Å². The quantitative estimate of drug-likeness (QED) is 0.806. The van der Waals surface area contributed by atoms with E-state index in [2.05, 4.69) is 0 Å². The van der Waals surface area contributed by atoms with Crippen LogP contribution in [0.3, 0.4) is 0 Å². The molecular weight excluding hydrogens is 181 g/mol. The van der Waals surface area contributed by atoms with Gasteiger partial charge in [-0.2, -0.15) is 0 Å². The van der Waals surface area contributed by atoms with Crippen LogP contribution < -0.4 is 5.73 Å². The number of hydrogen-bond donors (Lipinski definition) is 1. The molecule has 0 unspecified atom stereocenters. The molecule has 3 heteroatoms. The van der Waals surface area contributed by atoms with Crippen molar-refractivity contribution in [1.82, 2.24) is 0 Å². The third-order valence-corrected chi connectivity index (χ3v) is 2.06. The van der Waals surface area contributed by atoms with Gasteiger partial charge in [-0.25, -0.2) is 4.39 Å². The predicted molar refractivity (Wildman–Crippen MR) is 54.3 cm³/mol. The molecule has 0 aliphatic carbocycles. The second-order valence-corrected chi connectivity index (χ2v) is 3.96. The molecule has 0 aliphatic rings. The van der Waals surface area contributed by atoms with E-state index in [9.17, 15) is 4.39 Å². The minimum absolute atomic E-state index is 0.259. The largest absolute Gasteiger partial charge is 0.380 e. The van der Waals surface area contributed by atoms with E-state index in [0.29, 0.717) is 6.61 Å². The third kappa shape index (κ3) is 2.53. The molecule has 0 saturated carbocycles. The van der Waals surface area contributed by atoms with Gasteiger partial charge in [0.2, 0.25) is 0 Å². The Morgan fingerprint density at radius 2 is 2.07 bits per heavy atom. The van der Waals surface area contributed by atoms with Crippen molar-refractivity contribution in [2.45, 2.75) is 26.0 Å². The molecule has 14 heavy (non-hydrogen) atoms. The molecule has 0 aliphatic heterocycles. The van der Waals surface area contributed by atoms with Gasteiger partial charge in [0.1, 0.15) is 5.82 Å². The third-order valence-electron chi connectivity index (χ3n) is 2.06. The van der Waals surface area contributed by atoms with Gasteiger partial charge in [-0.15, -0.1) is 0 Å². The predicted octanol–water partition coefficient (Wildman–Crippen LogP) is 2.17. The lowest BCUT2D eigenvalue weighted by Gasteiger charge is -2.22. The molecule has 0 saturated heterocycles. The summed E-state index contributed by atoms with van der Waals surface area (Å²) in [6, 6.07) is 4.60. The minimum Gasteiger partial charge on any atom is -0.380 e. The van der Waals surface area contributed by atoms with Gasteiger partial charge in [0, 0.05) is 12.6 Å². The zero-order valence-corrected chi connectivity index (χ0v) is 8.80. The summed E-state index contributed by atoms with van der Waals surface area (Å²) in [6.07, 6.45) is 0. The van der Waals surface area contributed by atoms with E-state index in [-0.39, 0.29) is 5.82 Å². The zero-order valence-electron chi connectivity index (χ0n) is 8.80. The summed E-state index contributed by atoms with van der Waals surface area (Å²) in [7, 11) is 1.58. The lowest BCUT2D eigenvalue weighted by Crippen LogP contribution is -2.30. The fourth-order valence-corrected chi connectivity index (χ4v) is 1.47. The Morgan fingerprint density at radius 1 is 1.43 bits per heavy atom. The van der Waals surface area contributed by atoms with Crippen LogP contribution in [0.25, 0.3) is 0 Å². The Balaban J connectivity index is 3.15. The summed E-state index contributed by atoms with van der Waals surface area (Å²) < 4.78 is 18.0. The summed E-state index contributed by atoms with van der Waals surface area (Å²) in [6.45, 7) is 4.16. The molecule has 0 bridgehead atoms. The van der Waals surface area contributed by atoms with Crippen LogP contribution in [0.2, 0.25) is 0 Å². The monoisotopic (exact) mass is 197 g/mol. The molecule has 0 heterocycles. The molecule has 1 rings (SSSR count). The van der Waals surface area contributed by atoms with Gasteiger partial charge in [-0.05, 0) is 37.1 Å². The number of benzene rings is 1. The number of nitrogens with two attached hydrogens (primary N) is 1.